The van der Waals surface area contributed by atoms with E-state index < -0.39 is 0 Å². The molecule has 0 saturated heterocycles. The first-order chi connectivity index (χ1) is 9.63. The normalized spacial score (nSPS) is 11.6. The Labute approximate surface area is 131 Å². The lowest BCUT2D eigenvalue weighted by Crippen LogP contribution is -2.42. The monoisotopic (exact) mass is 308 g/mol. The average Bonchev–Trinajstić information content (AvgIpc) is 2.50. The largest absolute Gasteiger partial charge is 0.483 e. The van der Waals surface area contributed by atoms with Gasteiger partial charge in [-0.3, -0.25) is 4.79 Å². The highest BCUT2D eigenvalue weighted by atomic mass is 35.5. The second-order valence-corrected chi connectivity index (χ2v) is 4.86. The summed E-state index contributed by atoms with van der Waals surface area (Å²) in [5.74, 6) is 0.654. The van der Waals surface area contributed by atoms with Crippen LogP contribution in [-0.2, 0) is 4.79 Å². The first kappa shape index (κ1) is 17.3. The summed E-state index contributed by atoms with van der Waals surface area (Å²) in [5.41, 5.74) is 5.56. The van der Waals surface area contributed by atoms with Crippen LogP contribution in [0.1, 0.15) is 6.92 Å². The summed E-state index contributed by atoms with van der Waals surface area (Å²) >= 11 is 0. The molecule has 2 rings (SSSR count). The first-order valence-corrected chi connectivity index (χ1v) is 6.69. The molecule has 1 atom stereocenters. The van der Waals surface area contributed by atoms with E-state index in [0.29, 0.717) is 6.54 Å². The van der Waals surface area contributed by atoms with Crippen LogP contribution in [-0.4, -0.2) is 37.0 Å². The Balaban J connectivity index is 0.00000220. The minimum atomic E-state index is -0.0733. The number of benzene rings is 2. The highest BCUT2D eigenvalue weighted by Gasteiger charge is 2.15. The fourth-order valence-corrected chi connectivity index (χ4v) is 1.97. The van der Waals surface area contributed by atoms with Crippen LogP contribution in [0.4, 0.5) is 0 Å². The van der Waals surface area contributed by atoms with Gasteiger partial charge < -0.3 is 15.4 Å². The summed E-state index contributed by atoms with van der Waals surface area (Å²) in [4.78, 5) is 13.6. The summed E-state index contributed by atoms with van der Waals surface area (Å²) < 4.78 is 5.66. The summed E-state index contributed by atoms with van der Waals surface area (Å²) in [5, 5.41) is 2.11. The van der Waals surface area contributed by atoms with Crippen molar-refractivity contribution in [2.45, 2.75) is 13.0 Å². The molecule has 2 aromatic rings. The van der Waals surface area contributed by atoms with Crippen LogP contribution in [0.3, 0.4) is 0 Å². The quantitative estimate of drug-likeness (QED) is 0.923. The SMILES string of the molecule is CC(CN)N(C)C(=O)COc1cccc2ccccc12.Cl. The molecule has 2 N–H and O–H groups in total. The molecular weight excluding hydrogens is 288 g/mol. The van der Waals surface area contributed by atoms with Crippen LogP contribution >= 0.6 is 12.4 Å². The van der Waals surface area contributed by atoms with Crippen LogP contribution < -0.4 is 10.5 Å². The molecule has 0 fully saturated rings. The predicted octanol–water partition coefficient (Wildman–Crippen LogP) is 2.45. The summed E-state index contributed by atoms with van der Waals surface area (Å²) in [6, 6.07) is 13.8. The highest BCUT2D eigenvalue weighted by molar-refractivity contribution is 5.88. The standard InChI is InChI=1S/C16H20N2O2.ClH/c1-12(10-17)18(2)16(19)11-20-15-9-5-7-13-6-3-4-8-14(13)15;/h3-9,12H,10-11,17H2,1-2H3;1H. The van der Waals surface area contributed by atoms with E-state index in [2.05, 4.69) is 0 Å². The van der Waals surface area contributed by atoms with E-state index in [0.717, 1.165) is 16.5 Å². The van der Waals surface area contributed by atoms with E-state index in [9.17, 15) is 4.79 Å². The molecule has 0 bridgehead atoms. The number of hydrogen-bond acceptors (Lipinski definition) is 3. The molecule has 21 heavy (non-hydrogen) atoms. The highest BCUT2D eigenvalue weighted by Crippen LogP contribution is 2.25. The Morgan fingerprint density at radius 3 is 2.62 bits per heavy atom. The molecule has 0 aliphatic rings. The van der Waals surface area contributed by atoms with E-state index in [1.165, 1.54) is 0 Å². The zero-order chi connectivity index (χ0) is 14.5. The minimum Gasteiger partial charge on any atom is -0.483 e. The fourth-order valence-electron chi connectivity index (χ4n) is 1.97. The number of amides is 1. The second-order valence-electron chi connectivity index (χ2n) is 4.86. The number of hydrogen-bond donors (Lipinski definition) is 1. The molecule has 1 amide bonds. The van der Waals surface area contributed by atoms with Crippen molar-refractivity contribution in [1.82, 2.24) is 4.90 Å². The van der Waals surface area contributed by atoms with Crippen LogP contribution in [0.5, 0.6) is 5.75 Å². The Morgan fingerprint density at radius 1 is 1.24 bits per heavy atom. The third-order valence-electron chi connectivity index (χ3n) is 3.50. The van der Waals surface area contributed by atoms with Crippen LogP contribution in [0, 0.1) is 0 Å². The minimum absolute atomic E-state index is 0. The molecule has 0 saturated carbocycles. The van der Waals surface area contributed by atoms with Gasteiger partial charge in [0.05, 0.1) is 0 Å². The predicted molar refractivity (Wildman–Crippen MR) is 88.0 cm³/mol. The molecule has 0 radical (unpaired) electrons. The van der Waals surface area contributed by atoms with Crippen molar-refractivity contribution in [2.75, 3.05) is 20.2 Å². The van der Waals surface area contributed by atoms with Gasteiger partial charge >= 0.3 is 0 Å². The van der Waals surface area contributed by atoms with Gasteiger partial charge in [-0.1, -0.05) is 36.4 Å². The zero-order valence-electron chi connectivity index (χ0n) is 12.3. The van der Waals surface area contributed by atoms with Gasteiger partial charge in [-0.25, -0.2) is 0 Å². The molecule has 0 spiro atoms. The maximum absolute atomic E-state index is 12.0. The van der Waals surface area contributed by atoms with E-state index in [1.807, 2.05) is 49.4 Å². The first-order valence-electron chi connectivity index (χ1n) is 6.69. The maximum Gasteiger partial charge on any atom is 0.260 e. The third kappa shape index (κ3) is 4.09. The molecule has 0 aliphatic heterocycles. The smallest absolute Gasteiger partial charge is 0.260 e. The fraction of sp³-hybridized carbons (Fsp3) is 0.312. The molecular formula is C16H21ClN2O2. The van der Waals surface area contributed by atoms with Crippen molar-refractivity contribution < 1.29 is 9.53 Å². The number of carbonyl (C=O) groups is 1. The van der Waals surface area contributed by atoms with Crippen molar-refractivity contribution >= 4 is 29.1 Å². The van der Waals surface area contributed by atoms with Crippen LogP contribution in [0.15, 0.2) is 42.5 Å². The van der Waals surface area contributed by atoms with Gasteiger partial charge in [0.2, 0.25) is 0 Å². The van der Waals surface area contributed by atoms with Gasteiger partial charge in [-0.15, -0.1) is 12.4 Å². The van der Waals surface area contributed by atoms with Gasteiger partial charge in [-0.2, -0.15) is 0 Å². The number of ether oxygens (including phenoxy) is 1. The second kappa shape index (κ2) is 7.86. The summed E-state index contributed by atoms with van der Waals surface area (Å²) in [6.07, 6.45) is 0. The maximum atomic E-state index is 12.0. The van der Waals surface area contributed by atoms with E-state index in [1.54, 1.807) is 11.9 Å². The van der Waals surface area contributed by atoms with Crippen LogP contribution in [0.25, 0.3) is 10.8 Å². The van der Waals surface area contributed by atoms with Crippen molar-refractivity contribution in [2.24, 2.45) is 5.73 Å². The molecule has 4 nitrogen and oxygen atoms in total. The summed E-state index contributed by atoms with van der Waals surface area (Å²) in [7, 11) is 1.74. The van der Waals surface area contributed by atoms with Crippen molar-refractivity contribution in [3.8, 4) is 5.75 Å². The summed E-state index contributed by atoms with van der Waals surface area (Å²) in [6.45, 7) is 2.38. The average molecular weight is 309 g/mol. The van der Waals surface area contributed by atoms with Gasteiger partial charge in [0.15, 0.2) is 6.61 Å². The number of fused-ring (bicyclic) bond motifs is 1. The van der Waals surface area contributed by atoms with Gasteiger partial charge in [0.1, 0.15) is 5.75 Å². The van der Waals surface area contributed by atoms with Gasteiger partial charge in [-0.05, 0) is 18.4 Å². The lowest BCUT2D eigenvalue weighted by Gasteiger charge is -2.23. The topological polar surface area (TPSA) is 55.6 Å². The number of likely N-dealkylation sites (N-methyl/N-ethyl adjacent to an activating group) is 1. The molecule has 1 unspecified atom stereocenters. The Morgan fingerprint density at radius 2 is 1.90 bits per heavy atom. The molecule has 2 aromatic carbocycles. The number of halogens is 1. The van der Waals surface area contributed by atoms with Gasteiger partial charge in [0, 0.05) is 25.0 Å². The zero-order valence-corrected chi connectivity index (χ0v) is 13.1. The molecule has 0 aliphatic carbocycles. The number of rotatable bonds is 5. The Hall–Kier alpha value is -1.78. The van der Waals surface area contributed by atoms with E-state index in [-0.39, 0.29) is 31.0 Å². The van der Waals surface area contributed by atoms with E-state index >= 15 is 0 Å². The molecule has 114 valence electrons. The van der Waals surface area contributed by atoms with Crippen LogP contribution in [0.2, 0.25) is 0 Å². The third-order valence-corrected chi connectivity index (χ3v) is 3.50. The van der Waals surface area contributed by atoms with Crippen molar-refractivity contribution in [3.63, 3.8) is 0 Å². The lowest BCUT2D eigenvalue weighted by molar-refractivity contribution is -0.133. The van der Waals surface area contributed by atoms with E-state index in [4.69, 9.17) is 10.5 Å². The van der Waals surface area contributed by atoms with Gasteiger partial charge in [0.25, 0.3) is 5.91 Å². The molecule has 5 heteroatoms. The number of nitrogens with two attached hydrogens (primary N) is 1. The number of nitrogens with zero attached hydrogens (tertiary/aromatic N) is 1. The number of carbonyl (C=O) groups excluding carboxylic acids is 1. The Kier molecular flexibility index (Phi) is 6.46. The molecule has 0 aromatic heterocycles. The molecule has 0 heterocycles. The Bertz CT molecular complexity index is 598. The van der Waals surface area contributed by atoms with Crippen molar-refractivity contribution in [3.05, 3.63) is 42.5 Å². The van der Waals surface area contributed by atoms with Crippen molar-refractivity contribution in [1.29, 1.82) is 0 Å². The lowest BCUT2D eigenvalue weighted by atomic mass is 10.1.